The first-order valence-corrected chi connectivity index (χ1v) is 8.41. The molecule has 3 heterocycles. The summed E-state index contributed by atoms with van der Waals surface area (Å²) in [6.45, 7) is 3.81. The Bertz CT molecular complexity index is 586. The Morgan fingerprint density at radius 2 is 2.17 bits per heavy atom. The molecule has 18 heavy (non-hydrogen) atoms. The number of fused-ring (bicyclic) bond motifs is 1. The number of aryl methyl sites for hydroxylation is 1. The number of aromatic nitrogens is 2. The Morgan fingerprint density at radius 1 is 1.39 bits per heavy atom. The maximum Gasteiger partial charge on any atom is 0.140 e. The molecule has 0 aliphatic carbocycles. The van der Waals surface area contributed by atoms with Gasteiger partial charge in [0.2, 0.25) is 0 Å². The third-order valence-corrected chi connectivity index (χ3v) is 5.65. The average Bonchev–Trinajstić information content (AvgIpc) is 2.82. The molecule has 0 spiro atoms. The zero-order chi connectivity index (χ0) is 12.5. The number of hydrogen-bond acceptors (Lipinski definition) is 5. The van der Waals surface area contributed by atoms with Gasteiger partial charge in [-0.2, -0.15) is 0 Å². The van der Waals surface area contributed by atoms with Crippen LogP contribution >= 0.6 is 11.3 Å². The Balaban J connectivity index is 2.00. The fourth-order valence-corrected chi connectivity index (χ4v) is 4.15. The van der Waals surface area contributed by atoms with Gasteiger partial charge in [0.25, 0.3) is 0 Å². The second kappa shape index (κ2) is 4.93. The molecule has 0 aromatic carbocycles. The van der Waals surface area contributed by atoms with Gasteiger partial charge in [0.15, 0.2) is 0 Å². The van der Waals surface area contributed by atoms with Crippen LogP contribution in [0.15, 0.2) is 12.4 Å². The highest BCUT2D eigenvalue weighted by Crippen LogP contribution is 2.30. The van der Waals surface area contributed by atoms with Crippen molar-refractivity contribution in [3.8, 4) is 0 Å². The van der Waals surface area contributed by atoms with Crippen molar-refractivity contribution in [2.45, 2.75) is 13.3 Å². The molecule has 2 aromatic heterocycles. The lowest BCUT2D eigenvalue weighted by molar-refractivity contribution is 0.672. The van der Waals surface area contributed by atoms with Crippen molar-refractivity contribution in [1.29, 1.82) is 0 Å². The standard InChI is InChI=1S/C12H15N3OS2/c1-2-9-7-10-11(13-8-14-12(10)17-9)15-3-5-18(16)6-4-15/h7-8H,2-6H2,1H3. The number of anilines is 1. The third kappa shape index (κ3) is 2.14. The maximum absolute atomic E-state index is 11.4. The SMILES string of the molecule is CCc1cc2c(N3CCS(=O)CC3)ncnc2s1. The molecule has 0 amide bonds. The lowest BCUT2D eigenvalue weighted by atomic mass is 10.3. The van der Waals surface area contributed by atoms with Crippen LogP contribution in [0.5, 0.6) is 0 Å². The van der Waals surface area contributed by atoms with E-state index in [9.17, 15) is 4.21 Å². The first-order chi connectivity index (χ1) is 8.78. The van der Waals surface area contributed by atoms with E-state index in [1.807, 2.05) is 0 Å². The molecule has 4 nitrogen and oxygen atoms in total. The van der Waals surface area contributed by atoms with Crippen LogP contribution in [0.1, 0.15) is 11.8 Å². The molecule has 0 unspecified atom stereocenters. The molecule has 0 saturated carbocycles. The monoisotopic (exact) mass is 281 g/mol. The van der Waals surface area contributed by atoms with E-state index in [0.29, 0.717) is 0 Å². The van der Waals surface area contributed by atoms with Gasteiger partial charge in [0.05, 0.1) is 5.39 Å². The molecule has 3 rings (SSSR count). The van der Waals surface area contributed by atoms with E-state index in [0.717, 1.165) is 47.1 Å². The minimum absolute atomic E-state index is 0.647. The molecule has 6 heteroatoms. The van der Waals surface area contributed by atoms with Crippen molar-refractivity contribution in [3.05, 3.63) is 17.3 Å². The summed E-state index contributed by atoms with van der Waals surface area (Å²) in [6.07, 6.45) is 2.67. The molecule has 96 valence electrons. The van der Waals surface area contributed by atoms with Gasteiger partial charge in [-0.05, 0) is 12.5 Å². The van der Waals surface area contributed by atoms with Crippen molar-refractivity contribution < 1.29 is 4.21 Å². The van der Waals surface area contributed by atoms with E-state index in [4.69, 9.17) is 0 Å². The Kier molecular flexibility index (Phi) is 3.30. The molecule has 0 atom stereocenters. The highest BCUT2D eigenvalue weighted by Gasteiger charge is 2.19. The van der Waals surface area contributed by atoms with Crippen LogP contribution in [0.2, 0.25) is 0 Å². The molecular weight excluding hydrogens is 266 g/mol. The van der Waals surface area contributed by atoms with Gasteiger partial charge in [0.1, 0.15) is 17.0 Å². The Labute approximate surface area is 113 Å². The predicted molar refractivity (Wildman–Crippen MR) is 76.9 cm³/mol. The van der Waals surface area contributed by atoms with Crippen molar-refractivity contribution >= 4 is 38.2 Å². The van der Waals surface area contributed by atoms with Gasteiger partial charge >= 0.3 is 0 Å². The van der Waals surface area contributed by atoms with Crippen LogP contribution in [0, 0.1) is 0 Å². The first kappa shape index (κ1) is 12.0. The zero-order valence-corrected chi connectivity index (χ0v) is 11.9. The first-order valence-electron chi connectivity index (χ1n) is 6.11. The molecule has 2 aromatic rings. The van der Waals surface area contributed by atoms with Crippen LogP contribution in [-0.2, 0) is 17.2 Å². The van der Waals surface area contributed by atoms with Crippen molar-refractivity contribution in [1.82, 2.24) is 9.97 Å². The normalized spacial score (nSPS) is 17.5. The smallest absolute Gasteiger partial charge is 0.140 e. The van der Waals surface area contributed by atoms with Crippen LogP contribution in [-0.4, -0.2) is 38.8 Å². The lowest BCUT2D eigenvalue weighted by Crippen LogP contribution is -2.38. The molecular formula is C12H15N3OS2. The summed E-state index contributed by atoms with van der Waals surface area (Å²) in [5.41, 5.74) is 0. The Morgan fingerprint density at radius 3 is 2.89 bits per heavy atom. The number of hydrogen-bond donors (Lipinski definition) is 0. The van der Waals surface area contributed by atoms with Crippen LogP contribution in [0.3, 0.4) is 0 Å². The number of thiophene rings is 1. The summed E-state index contributed by atoms with van der Waals surface area (Å²) in [5, 5.41) is 1.15. The number of rotatable bonds is 2. The molecule has 1 aliphatic heterocycles. The minimum atomic E-state index is -0.647. The van der Waals surface area contributed by atoms with E-state index in [1.165, 1.54) is 4.88 Å². The second-order valence-electron chi connectivity index (χ2n) is 4.32. The van der Waals surface area contributed by atoms with E-state index in [2.05, 4.69) is 27.9 Å². The van der Waals surface area contributed by atoms with E-state index in [-0.39, 0.29) is 0 Å². The van der Waals surface area contributed by atoms with Crippen molar-refractivity contribution in [2.24, 2.45) is 0 Å². The summed E-state index contributed by atoms with van der Waals surface area (Å²) < 4.78 is 11.4. The van der Waals surface area contributed by atoms with E-state index < -0.39 is 10.8 Å². The fourth-order valence-electron chi connectivity index (χ4n) is 2.17. The van der Waals surface area contributed by atoms with Crippen molar-refractivity contribution in [2.75, 3.05) is 29.5 Å². The second-order valence-corrected chi connectivity index (χ2v) is 7.13. The van der Waals surface area contributed by atoms with Gasteiger partial charge < -0.3 is 4.90 Å². The average molecular weight is 281 g/mol. The maximum atomic E-state index is 11.4. The molecule has 0 radical (unpaired) electrons. The van der Waals surface area contributed by atoms with E-state index >= 15 is 0 Å². The molecule has 1 saturated heterocycles. The summed E-state index contributed by atoms with van der Waals surface area (Å²) in [5.74, 6) is 2.50. The summed E-state index contributed by atoms with van der Waals surface area (Å²) >= 11 is 1.74. The van der Waals surface area contributed by atoms with Crippen molar-refractivity contribution in [3.63, 3.8) is 0 Å². The van der Waals surface area contributed by atoms with Gasteiger partial charge in [-0.1, -0.05) is 6.92 Å². The largest absolute Gasteiger partial charge is 0.354 e. The predicted octanol–water partition coefficient (Wildman–Crippen LogP) is 1.82. The summed E-state index contributed by atoms with van der Waals surface area (Å²) in [6, 6.07) is 2.20. The number of nitrogens with zero attached hydrogens (tertiary/aromatic N) is 3. The van der Waals surface area contributed by atoms with Crippen LogP contribution in [0.25, 0.3) is 10.2 Å². The molecule has 0 N–H and O–H groups in total. The topological polar surface area (TPSA) is 46.1 Å². The molecule has 1 fully saturated rings. The molecule has 0 bridgehead atoms. The summed E-state index contributed by atoms with van der Waals surface area (Å²) in [4.78, 5) is 13.4. The van der Waals surface area contributed by atoms with Gasteiger partial charge in [0, 0.05) is 40.3 Å². The Hall–Kier alpha value is -1.01. The highest BCUT2D eigenvalue weighted by molar-refractivity contribution is 7.85. The van der Waals surface area contributed by atoms with Crippen LogP contribution < -0.4 is 4.90 Å². The summed E-state index contributed by atoms with van der Waals surface area (Å²) in [7, 11) is -0.647. The quantitative estimate of drug-likeness (QED) is 0.842. The van der Waals surface area contributed by atoms with Gasteiger partial charge in [-0.25, -0.2) is 9.97 Å². The zero-order valence-electron chi connectivity index (χ0n) is 10.3. The molecule has 1 aliphatic rings. The van der Waals surface area contributed by atoms with Crippen LogP contribution in [0.4, 0.5) is 5.82 Å². The minimum Gasteiger partial charge on any atom is -0.354 e. The van der Waals surface area contributed by atoms with E-state index in [1.54, 1.807) is 17.7 Å². The fraction of sp³-hybridized carbons (Fsp3) is 0.500. The van der Waals surface area contributed by atoms with Gasteiger partial charge in [-0.3, -0.25) is 4.21 Å². The lowest BCUT2D eigenvalue weighted by Gasteiger charge is -2.27. The highest BCUT2D eigenvalue weighted by atomic mass is 32.2. The van der Waals surface area contributed by atoms with Gasteiger partial charge in [-0.15, -0.1) is 11.3 Å². The third-order valence-electron chi connectivity index (χ3n) is 3.19.